The Bertz CT molecular complexity index is 476. The van der Waals surface area contributed by atoms with E-state index in [1.165, 1.54) is 25.7 Å². The van der Waals surface area contributed by atoms with Gasteiger partial charge in [0.2, 0.25) is 0 Å². The van der Waals surface area contributed by atoms with E-state index in [1.54, 1.807) is 0 Å². The van der Waals surface area contributed by atoms with Crippen LogP contribution in [-0.4, -0.2) is 48.1 Å². The van der Waals surface area contributed by atoms with Crippen molar-refractivity contribution in [1.82, 2.24) is 0 Å². The number of aliphatic carboxylic acids is 1. The molecule has 0 radical (unpaired) electrons. The highest BCUT2D eigenvalue weighted by molar-refractivity contribution is 5.83. The predicted octanol–water partition coefficient (Wildman–Crippen LogP) is 4.50. The van der Waals surface area contributed by atoms with E-state index in [-0.39, 0.29) is 25.9 Å². The monoisotopic (exact) mass is 412 g/mol. The molecule has 6 heteroatoms. The van der Waals surface area contributed by atoms with Gasteiger partial charge in [-0.3, -0.25) is 4.79 Å². The Kier molecular flexibility index (Phi) is 14.7. The summed E-state index contributed by atoms with van der Waals surface area (Å²) in [6, 6.07) is 0. The normalized spacial score (nSPS) is 20.6. The van der Waals surface area contributed by atoms with Crippen molar-refractivity contribution in [1.29, 1.82) is 0 Å². The fourth-order valence-electron chi connectivity index (χ4n) is 3.90. The number of aliphatic hydroxyl groups excluding tert-OH is 1. The Morgan fingerprint density at radius 1 is 1.21 bits per heavy atom. The van der Waals surface area contributed by atoms with Crippen LogP contribution in [0.4, 0.5) is 0 Å². The SMILES string of the molecule is CCCCCCC=C[C@H]1CCC(=O)[C@@H]1CCCCCC(OCOCCO)C(=O)O. The second kappa shape index (κ2) is 16.5. The van der Waals surface area contributed by atoms with Gasteiger partial charge in [-0.05, 0) is 38.0 Å². The van der Waals surface area contributed by atoms with Crippen molar-refractivity contribution in [3.8, 4) is 0 Å². The summed E-state index contributed by atoms with van der Waals surface area (Å²) in [5.41, 5.74) is 0. The highest BCUT2D eigenvalue weighted by atomic mass is 16.7. The highest BCUT2D eigenvalue weighted by Crippen LogP contribution is 2.34. The zero-order chi connectivity index (χ0) is 21.3. The topological polar surface area (TPSA) is 93.1 Å². The van der Waals surface area contributed by atoms with Crippen molar-refractivity contribution in [3.63, 3.8) is 0 Å². The third-order valence-electron chi connectivity index (χ3n) is 5.61. The molecule has 1 fully saturated rings. The molecule has 1 aliphatic rings. The summed E-state index contributed by atoms with van der Waals surface area (Å²) in [5.74, 6) is -0.0844. The van der Waals surface area contributed by atoms with E-state index in [2.05, 4.69) is 19.1 Å². The minimum atomic E-state index is -0.993. The first kappa shape index (κ1) is 25.8. The van der Waals surface area contributed by atoms with Gasteiger partial charge in [-0.15, -0.1) is 0 Å². The first-order chi connectivity index (χ1) is 14.1. The van der Waals surface area contributed by atoms with Crippen LogP contribution >= 0.6 is 0 Å². The largest absolute Gasteiger partial charge is 0.479 e. The number of ketones is 1. The molecule has 29 heavy (non-hydrogen) atoms. The molecule has 0 aromatic carbocycles. The lowest BCUT2D eigenvalue weighted by molar-refractivity contribution is -0.162. The number of carboxylic acid groups (broad SMARTS) is 1. The number of carboxylic acids is 1. The van der Waals surface area contributed by atoms with Gasteiger partial charge in [0.25, 0.3) is 0 Å². The number of rotatable bonds is 18. The molecule has 2 N–H and O–H groups in total. The molecule has 0 amide bonds. The van der Waals surface area contributed by atoms with Gasteiger partial charge in [0, 0.05) is 12.3 Å². The van der Waals surface area contributed by atoms with Gasteiger partial charge >= 0.3 is 5.97 Å². The second-order valence-electron chi connectivity index (χ2n) is 7.93. The molecule has 1 unspecified atom stereocenters. The van der Waals surface area contributed by atoms with Gasteiger partial charge in [0.15, 0.2) is 6.10 Å². The van der Waals surface area contributed by atoms with Gasteiger partial charge in [0.05, 0.1) is 13.2 Å². The fourth-order valence-corrected chi connectivity index (χ4v) is 3.90. The lowest BCUT2D eigenvalue weighted by atomic mass is 9.89. The molecule has 0 bridgehead atoms. The Balaban J connectivity index is 2.23. The van der Waals surface area contributed by atoms with E-state index < -0.39 is 12.1 Å². The Labute approximate surface area is 175 Å². The van der Waals surface area contributed by atoms with Gasteiger partial charge in [-0.2, -0.15) is 0 Å². The molecule has 0 aliphatic heterocycles. The maximum Gasteiger partial charge on any atom is 0.332 e. The number of allylic oxidation sites excluding steroid dienone is 2. The van der Waals surface area contributed by atoms with Crippen LogP contribution in [0.25, 0.3) is 0 Å². The van der Waals surface area contributed by atoms with E-state index in [0.717, 1.165) is 38.5 Å². The van der Waals surface area contributed by atoms with E-state index >= 15 is 0 Å². The number of hydrogen-bond donors (Lipinski definition) is 2. The summed E-state index contributed by atoms with van der Waals surface area (Å²) < 4.78 is 10.2. The van der Waals surface area contributed by atoms with Crippen LogP contribution in [0.5, 0.6) is 0 Å². The van der Waals surface area contributed by atoms with E-state index in [4.69, 9.17) is 14.6 Å². The molecule has 3 atom stereocenters. The smallest absolute Gasteiger partial charge is 0.332 e. The van der Waals surface area contributed by atoms with Crippen LogP contribution in [0, 0.1) is 11.8 Å². The van der Waals surface area contributed by atoms with Gasteiger partial charge in [0.1, 0.15) is 12.6 Å². The molecule has 6 nitrogen and oxygen atoms in total. The average molecular weight is 413 g/mol. The number of ether oxygens (including phenoxy) is 2. The minimum absolute atomic E-state index is 0.115. The Morgan fingerprint density at radius 3 is 2.72 bits per heavy atom. The van der Waals surface area contributed by atoms with E-state index in [9.17, 15) is 14.7 Å². The summed E-state index contributed by atoms with van der Waals surface area (Å²) in [6.07, 6.45) is 15.4. The van der Waals surface area contributed by atoms with Crippen LogP contribution in [0.15, 0.2) is 12.2 Å². The number of carbonyl (C=O) groups excluding carboxylic acids is 1. The fraction of sp³-hybridized carbons (Fsp3) is 0.826. The van der Waals surface area contributed by atoms with Gasteiger partial charge in [-0.25, -0.2) is 4.79 Å². The summed E-state index contributed by atoms with van der Waals surface area (Å²) >= 11 is 0. The lowest BCUT2D eigenvalue weighted by Gasteiger charge is -2.16. The van der Waals surface area contributed by atoms with Crippen molar-refractivity contribution >= 4 is 11.8 Å². The minimum Gasteiger partial charge on any atom is -0.479 e. The number of hydrogen-bond acceptors (Lipinski definition) is 5. The molecule has 168 valence electrons. The molecule has 0 spiro atoms. The maximum atomic E-state index is 12.2. The molecule has 0 aromatic heterocycles. The molecular formula is C23H40O6. The number of carbonyl (C=O) groups is 2. The van der Waals surface area contributed by atoms with Gasteiger partial charge < -0.3 is 19.7 Å². The molecule has 1 aliphatic carbocycles. The lowest BCUT2D eigenvalue weighted by Crippen LogP contribution is -2.25. The maximum absolute atomic E-state index is 12.2. The highest BCUT2D eigenvalue weighted by Gasteiger charge is 2.32. The summed E-state index contributed by atoms with van der Waals surface area (Å²) in [7, 11) is 0. The zero-order valence-corrected chi connectivity index (χ0v) is 18.0. The second-order valence-corrected chi connectivity index (χ2v) is 7.93. The molecule has 1 saturated carbocycles. The predicted molar refractivity (Wildman–Crippen MR) is 113 cm³/mol. The van der Waals surface area contributed by atoms with Crippen molar-refractivity contribution in [2.24, 2.45) is 11.8 Å². The summed E-state index contributed by atoms with van der Waals surface area (Å²) in [5, 5.41) is 17.8. The quantitative estimate of drug-likeness (QED) is 0.196. The average Bonchev–Trinajstić information content (AvgIpc) is 3.05. The van der Waals surface area contributed by atoms with Crippen LogP contribution in [0.3, 0.4) is 0 Å². The first-order valence-corrected chi connectivity index (χ1v) is 11.3. The summed E-state index contributed by atoms with van der Waals surface area (Å²) in [6.45, 7) is 2.11. The standard InChI is InChI=1S/C23H40O6/c1-2-3-4-5-6-8-11-19-14-15-21(25)20(19)12-9-7-10-13-22(23(26)27)29-18-28-17-16-24/h8,11,19-20,22,24H,2-7,9-10,12-18H2,1H3,(H,26,27)/t19-,20+,22?/m0/s1. The Morgan fingerprint density at radius 2 is 2.00 bits per heavy atom. The van der Waals surface area contributed by atoms with Crippen LogP contribution in [0.2, 0.25) is 0 Å². The van der Waals surface area contributed by atoms with Crippen molar-refractivity contribution < 1.29 is 29.3 Å². The number of Topliss-reactive ketones (excluding diaryl/α,β-unsaturated/α-hetero) is 1. The molecule has 0 saturated heterocycles. The van der Waals surface area contributed by atoms with Crippen molar-refractivity contribution in [2.75, 3.05) is 20.0 Å². The molecule has 1 rings (SSSR count). The van der Waals surface area contributed by atoms with Gasteiger partial charge in [-0.1, -0.05) is 57.6 Å². The van der Waals surface area contributed by atoms with E-state index in [1.807, 2.05) is 0 Å². The Hall–Kier alpha value is -1.24. The van der Waals surface area contributed by atoms with Crippen molar-refractivity contribution in [3.05, 3.63) is 12.2 Å². The molecular weight excluding hydrogens is 372 g/mol. The van der Waals surface area contributed by atoms with E-state index in [0.29, 0.717) is 24.5 Å². The molecule has 0 heterocycles. The van der Waals surface area contributed by atoms with Crippen LogP contribution < -0.4 is 0 Å². The zero-order valence-electron chi connectivity index (χ0n) is 18.0. The molecule has 0 aromatic rings. The van der Waals surface area contributed by atoms with Crippen LogP contribution in [-0.2, 0) is 19.1 Å². The third kappa shape index (κ3) is 11.5. The van der Waals surface area contributed by atoms with Crippen LogP contribution in [0.1, 0.15) is 84.0 Å². The number of aliphatic hydroxyl groups is 1. The third-order valence-corrected chi connectivity index (χ3v) is 5.61. The summed E-state index contributed by atoms with van der Waals surface area (Å²) in [4.78, 5) is 23.5. The number of unbranched alkanes of at least 4 members (excludes halogenated alkanes) is 6. The first-order valence-electron chi connectivity index (χ1n) is 11.3. The van der Waals surface area contributed by atoms with Crippen molar-refractivity contribution in [2.45, 2.75) is 90.1 Å².